The summed E-state index contributed by atoms with van der Waals surface area (Å²) in [5, 5.41) is 15.4. The molecule has 0 radical (unpaired) electrons. The van der Waals surface area contributed by atoms with Crippen molar-refractivity contribution in [3.05, 3.63) is 24.0 Å². The van der Waals surface area contributed by atoms with Crippen molar-refractivity contribution in [1.82, 2.24) is 10.3 Å². The van der Waals surface area contributed by atoms with E-state index in [4.69, 9.17) is 0 Å². The summed E-state index contributed by atoms with van der Waals surface area (Å²) in [5.41, 5.74) is 1.27. The number of carbonyl (C=O) groups excluding carboxylic acids is 1. The summed E-state index contributed by atoms with van der Waals surface area (Å²) in [6.45, 7) is 0.952. The number of aliphatic hydroxyl groups is 1. The molecule has 0 bridgehead atoms. The number of carbonyl (C=O) groups is 1. The second-order valence-electron chi connectivity index (χ2n) is 5.23. The van der Waals surface area contributed by atoms with Crippen LogP contribution in [0.15, 0.2) is 18.3 Å². The molecule has 3 N–H and O–H groups in total. The molecule has 0 atom stereocenters. The van der Waals surface area contributed by atoms with Gasteiger partial charge in [-0.05, 0) is 25.0 Å². The molecule has 104 valence electrons. The molecular formula is C14H21N3O2. The number of nitrogens with zero attached hydrogens (tertiary/aromatic N) is 1. The highest BCUT2D eigenvalue weighted by Gasteiger charge is 2.32. The van der Waals surface area contributed by atoms with E-state index in [9.17, 15) is 9.90 Å². The Balaban J connectivity index is 2.01. The van der Waals surface area contributed by atoms with Crippen molar-refractivity contribution >= 4 is 11.6 Å². The van der Waals surface area contributed by atoms with E-state index < -0.39 is 0 Å². The van der Waals surface area contributed by atoms with E-state index in [0.717, 1.165) is 25.1 Å². The average Bonchev–Trinajstić information content (AvgIpc) is 2.94. The smallest absolute Gasteiger partial charge is 0.269 e. The lowest BCUT2D eigenvalue weighted by Gasteiger charge is -2.27. The Morgan fingerprint density at radius 2 is 2.21 bits per heavy atom. The van der Waals surface area contributed by atoms with Gasteiger partial charge in [0.1, 0.15) is 5.69 Å². The molecule has 0 saturated heterocycles. The number of hydrogen-bond acceptors (Lipinski definition) is 4. The molecule has 1 saturated carbocycles. The van der Waals surface area contributed by atoms with E-state index in [2.05, 4.69) is 15.6 Å². The Kier molecular flexibility index (Phi) is 4.37. The zero-order chi connectivity index (χ0) is 13.7. The topological polar surface area (TPSA) is 74.2 Å². The number of nitrogens with one attached hydrogen (secondary N) is 2. The zero-order valence-electron chi connectivity index (χ0n) is 11.3. The number of aromatic nitrogens is 1. The molecule has 1 aliphatic carbocycles. The van der Waals surface area contributed by atoms with Gasteiger partial charge in [0.15, 0.2) is 0 Å². The molecule has 0 aliphatic heterocycles. The molecule has 0 aromatic carbocycles. The van der Waals surface area contributed by atoms with Crippen molar-refractivity contribution in [2.75, 3.05) is 25.5 Å². The minimum Gasteiger partial charge on any atom is -0.396 e. The number of amides is 1. The number of hydrogen-bond donors (Lipinski definition) is 3. The Hall–Kier alpha value is -1.62. The van der Waals surface area contributed by atoms with Gasteiger partial charge in [0.25, 0.3) is 5.91 Å². The van der Waals surface area contributed by atoms with Crippen LogP contribution in [0.25, 0.3) is 0 Å². The fraction of sp³-hybridized carbons (Fsp3) is 0.571. The van der Waals surface area contributed by atoms with Crippen LogP contribution in [0.5, 0.6) is 0 Å². The third kappa shape index (κ3) is 3.23. The summed E-state index contributed by atoms with van der Waals surface area (Å²) in [6.07, 6.45) is 6.10. The van der Waals surface area contributed by atoms with Crippen LogP contribution in [-0.2, 0) is 0 Å². The quantitative estimate of drug-likeness (QED) is 0.751. The molecule has 1 fully saturated rings. The normalized spacial score (nSPS) is 17.2. The van der Waals surface area contributed by atoms with E-state index in [1.807, 2.05) is 6.07 Å². The Morgan fingerprint density at radius 1 is 1.47 bits per heavy atom. The van der Waals surface area contributed by atoms with Crippen molar-refractivity contribution in [2.24, 2.45) is 5.41 Å². The van der Waals surface area contributed by atoms with Crippen LogP contribution in [0.4, 0.5) is 5.69 Å². The second-order valence-corrected chi connectivity index (χ2v) is 5.23. The first-order valence-corrected chi connectivity index (χ1v) is 6.72. The molecule has 1 aliphatic rings. The van der Waals surface area contributed by atoms with E-state index in [1.165, 1.54) is 12.8 Å². The molecule has 1 aromatic heterocycles. The van der Waals surface area contributed by atoms with Crippen molar-refractivity contribution in [1.29, 1.82) is 0 Å². The molecule has 1 aromatic rings. The fourth-order valence-electron chi connectivity index (χ4n) is 2.60. The Bertz CT molecular complexity index is 442. The average molecular weight is 263 g/mol. The van der Waals surface area contributed by atoms with Crippen molar-refractivity contribution < 1.29 is 9.90 Å². The molecular weight excluding hydrogens is 242 g/mol. The van der Waals surface area contributed by atoms with Crippen LogP contribution in [0.2, 0.25) is 0 Å². The van der Waals surface area contributed by atoms with Crippen LogP contribution in [0.3, 0.4) is 0 Å². The van der Waals surface area contributed by atoms with Crippen LogP contribution in [0.1, 0.15) is 36.2 Å². The molecule has 2 rings (SSSR count). The van der Waals surface area contributed by atoms with Crippen LogP contribution >= 0.6 is 0 Å². The maximum absolute atomic E-state index is 11.5. The largest absolute Gasteiger partial charge is 0.396 e. The van der Waals surface area contributed by atoms with Crippen LogP contribution in [-0.4, -0.2) is 36.2 Å². The minimum absolute atomic E-state index is 0.00352. The first-order chi connectivity index (χ1) is 9.19. The third-order valence-corrected chi connectivity index (χ3v) is 3.89. The van der Waals surface area contributed by atoms with E-state index in [-0.39, 0.29) is 17.9 Å². The number of anilines is 1. The van der Waals surface area contributed by atoms with Crippen molar-refractivity contribution in [3.63, 3.8) is 0 Å². The summed E-state index contributed by atoms with van der Waals surface area (Å²) >= 11 is 0. The molecule has 19 heavy (non-hydrogen) atoms. The van der Waals surface area contributed by atoms with Gasteiger partial charge in [0, 0.05) is 30.9 Å². The fourth-order valence-corrected chi connectivity index (χ4v) is 2.60. The van der Waals surface area contributed by atoms with Gasteiger partial charge in [-0.3, -0.25) is 9.78 Å². The third-order valence-electron chi connectivity index (χ3n) is 3.89. The first-order valence-electron chi connectivity index (χ1n) is 6.72. The number of aliphatic hydroxyl groups excluding tert-OH is 1. The van der Waals surface area contributed by atoms with Crippen LogP contribution in [0, 0.1) is 5.41 Å². The maximum atomic E-state index is 11.5. The van der Waals surface area contributed by atoms with Gasteiger partial charge < -0.3 is 15.7 Å². The summed E-state index contributed by atoms with van der Waals surface area (Å²) < 4.78 is 0. The summed E-state index contributed by atoms with van der Waals surface area (Å²) in [6, 6.07) is 3.57. The van der Waals surface area contributed by atoms with Crippen molar-refractivity contribution in [2.45, 2.75) is 25.7 Å². The van der Waals surface area contributed by atoms with Gasteiger partial charge in [-0.2, -0.15) is 0 Å². The highest BCUT2D eigenvalue weighted by Crippen LogP contribution is 2.37. The molecule has 5 heteroatoms. The molecule has 0 spiro atoms. The number of pyridine rings is 1. The van der Waals surface area contributed by atoms with Gasteiger partial charge >= 0.3 is 0 Å². The summed E-state index contributed by atoms with van der Waals surface area (Å²) in [4.78, 5) is 15.5. The van der Waals surface area contributed by atoms with Gasteiger partial charge in [-0.15, -0.1) is 0 Å². The molecule has 5 nitrogen and oxygen atoms in total. The van der Waals surface area contributed by atoms with Gasteiger partial charge in [-0.1, -0.05) is 12.8 Å². The predicted molar refractivity (Wildman–Crippen MR) is 74.1 cm³/mol. The number of rotatable bonds is 5. The molecule has 1 heterocycles. The highest BCUT2D eigenvalue weighted by molar-refractivity contribution is 5.92. The lowest BCUT2D eigenvalue weighted by atomic mass is 9.87. The Morgan fingerprint density at radius 3 is 2.84 bits per heavy atom. The molecule has 1 amide bonds. The van der Waals surface area contributed by atoms with E-state index in [0.29, 0.717) is 5.69 Å². The maximum Gasteiger partial charge on any atom is 0.269 e. The van der Waals surface area contributed by atoms with Gasteiger partial charge in [0.05, 0.1) is 6.61 Å². The lowest BCUT2D eigenvalue weighted by Crippen LogP contribution is -2.30. The van der Waals surface area contributed by atoms with E-state index >= 15 is 0 Å². The van der Waals surface area contributed by atoms with Gasteiger partial charge in [0.2, 0.25) is 0 Å². The van der Waals surface area contributed by atoms with Crippen LogP contribution < -0.4 is 10.6 Å². The first kappa shape index (κ1) is 13.8. The lowest BCUT2D eigenvalue weighted by molar-refractivity contribution is 0.0958. The van der Waals surface area contributed by atoms with Gasteiger partial charge in [-0.25, -0.2) is 0 Å². The van der Waals surface area contributed by atoms with Crippen molar-refractivity contribution in [3.8, 4) is 0 Å². The monoisotopic (exact) mass is 263 g/mol. The molecule has 0 unspecified atom stereocenters. The summed E-state index contributed by atoms with van der Waals surface area (Å²) in [5.74, 6) is -0.193. The highest BCUT2D eigenvalue weighted by atomic mass is 16.3. The SMILES string of the molecule is CNC(=O)c1cc(NCC2(CO)CCCC2)ccn1. The standard InChI is InChI=1S/C14H21N3O2/c1-15-13(19)12-8-11(4-7-16-12)17-9-14(10-18)5-2-3-6-14/h4,7-8,18H,2-3,5-6,9-10H2,1H3,(H,15,19)(H,16,17). The minimum atomic E-state index is -0.193. The second kappa shape index (κ2) is 6.02. The Labute approximate surface area is 113 Å². The van der Waals surface area contributed by atoms with E-state index in [1.54, 1.807) is 19.3 Å². The zero-order valence-corrected chi connectivity index (χ0v) is 11.3. The predicted octanol–water partition coefficient (Wildman–Crippen LogP) is 1.41. The summed E-state index contributed by atoms with van der Waals surface area (Å²) in [7, 11) is 1.59.